The van der Waals surface area contributed by atoms with Gasteiger partial charge in [-0.3, -0.25) is 4.79 Å². The summed E-state index contributed by atoms with van der Waals surface area (Å²) in [7, 11) is 1.56. The highest BCUT2D eigenvalue weighted by Crippen LogP contribution is 2.17. The Hall–Kier alpha value is -2.07. The molecule has 1 aromatic carbocycles. The molecule has 0 bridgehead atoms. The minimum Gasteiger partial charge on any atom is -0.496 e. The van der Waals surface area contributed by atoms with Crippen molar-refractivity contribution in [3.8, 4) is 5.75 Å². The van der Waals surface area contributed by atoms with Crippen LogP contribution in [0.2, 0.25) is 0 Å². The molecule has 2 rings (SSSR count). The highest BCUT2D eigenvalue weighted by atomic mass is 16.5. The fourth-order valence-corrected chi connectivity index (χ4v) is 1.68. The summed E-state index contributed by atoms with van der Waals surface area (Å²) >= 11 is 0. The van der Waals surface area contributed by atoms with Gasteiger partial charge >= 0.3 is 0 Å². The van der Waals surface area contributed by atoms with Crippen LogP contribution in [0.15, 0.2) is 47.1 Å². The molecule has 18 heavy (non-hydrogen) atoms. The third kappa shape index (κ3) is 2.99. The van der Waals surface area contributed by atoms with Gasteiger partial charge < -0.3 is 14.5 Å². The first-order chi connectivity index (χ1) is 8.81. The van der Waals surface area contributed by atoms with Gasteiger partial charge in [0.15, 0.2) is 5.78 Å². The van der Waals surface area contributed by atoms with E-state index in [-0.39, 0.29) is 12.3 Å². The lowest BCUT2D eigenvalue weighted by molar-refractivity contribution is 0.0987. The SMILES string of the molecule is COc1ccccc1C(=O)CNCc1ccco1. The topological polar surface area (TPSA) is 51.5 Å². The summed E-state index contributed by atoms with van der Waals surface area (Å²) in [5.74, 6) is 1.41. The van der Waals surface area contributed by atoms with Gasteiger partial charge in [0.05, 0.1) is 32.0 Å². The van der Waals surface area contributed by atoms with E-state index in [4.69, 9.17) is 9.15 Å². The largest absolute Gasteiger partial charge is 0.496 e. The second-order valence-corrected chi connectivity index (χ2v) is 3.81. The Morgan fingerprint density at radius 1 is 1.28 bits per heavy atom. The number of hydrogen-bond acceptors (Lipinski definition) is 4. The number of furan rings is 1. The van der Waals surface area contributed by atoms with E-state index in [1.807, 2.05) is 24.3 Å². The second kappa shape index (κ2) is 6.02. The molecule has 1 N–H and O–H groups in total. The van der Waals surface area contributed by atoms with Gasteiger partial charge in [-0.2, -0.15) is 0 Å². The van der Waals surface area contributed by atoms with Crippen LogP contribution in [0.3, 0.4) is 0 Å². The first kappa shape index (κ1) is 12.4. The van der Waals surface area contributed by atoms with Gasteiger partial charge in [0.2, 0.25) is 0 Å². The maximum Gasteiger partial charge on any atom is 0.180 e. The van der Waals surface area contributed by atoms with Crippen LogP contribution in [0.4, 0.5) is 0 Å². The molecule has 4 heteroatoms. The number of rotatable bonds is 6. The van der Waals surface area contributed by atoms with E-state index in [1.165, 1.54) is 0 Å². The lowest BCUT2D eigenvalue weighted by atomic mass is 10.1. The first-order valence-corrected chi connectivity index (χ1v) is 5.70. The molecule has 0 radical (unpaired) electrons. The van der Waals surface area contributed by atoms with Crippen LogP contribution in [0, 0.1) is 0 Å². The van der Waals surface area contributed by atoms with Crippen LogP contribution < -0.4 is 10.1 Å². The highest BCUT2D eigenvalue weighted by Gasteiger charge is 2.10. The summed E-state index contributed by atoms with van der Waals surface area (Å²) in [6.07, 6.45) is 1.61. The maximum atomic E-state index is 12.0. The smallest absolute Gasteiger partial charge is 0.180 e. The van der Waals surface area contributed by atoms with Gasteiger partial charge in [-0.1, -0.05) is 12.1 Å². The molecule has 0 unspecified atom stereocenters. The monoisotopic (exact) mass is 245 g/mol. The predicted molar refractivity (Wildman–Crippen MR) is 67.7 cm³/mol. The van der Waals surface area contributed by atoms with Crippen LogP contribution in [-0.4, -0.2) is 19.4 Å². The first-order valence-electron chi connectivity index (χ1n) is 5.70. The summed E-state index contributed by atoms with van der Waals surface area (Å²) in [5, 5.41) is 3.04. The van der Waals surface area contributed by atoms with Crippen molar-refractivity contribution in [2.45, 2.75) is 6.54 Å². The van der Waals surface area contributed by atoms with Gasteiger partial charge in [-0.05, 0) is 24.3 Å². The standard InChI is InChI=1S/C14H15NO3/c1-17-14-7-3-2-6-12(14)13(16)10-15-9-11-5-4-8-18-11/h2-8,15H,9-10H2,1H3. The van der Waals surface area contributed by atoms with Crippen molar-refractivity contribution in [1.29, 1.82) is 0 Å². The molecule has 0 fully saturated rings. The number of ether oxygens (including phenoxy) is 1. The number of ketones is 1. The fourth-order valence-electron chi connectivity index (χ4n) is 1.68. The molecule has 0 aliphatic carbocycles. The summed E-state index contributed by atoms with van der Waals surface area (Å²) in [6, 6.07) is 10.9. The Bertz CT molecular complexity index is 506. The summed E-state index contributed by atoms with van der Waals surface area (Å²) < 4.78 is 10.3. The van der Waals surface area contributed by atoms with Crippen molar-refractivity contribution < 1.29 is 13.9 Å². The predicted octanol–water partition coefficient (Wildman–Crippen LogP) is 2.26. The Balaban J connectivity index is 1.91. The van der Waals surface area contributed by atoms with Crippen molar-refractivity contribution in [3.63, 3.8) is 0 Å². The zero-order valence-corrected chi connectivity index (χ0v) is 10.2. The van der Waals surface area contributed by atoms with Gasteiger partial charge in [-0.15, -0.1) is 0 Å². The van der Waals surface area contributed by atoms with Crippen molar-refractivity contribution in [3.05, 3.63) is 54.0 Å². The average molecular weight is 245 g/mol. The number of carbonyl (C=O) groups is 1. The van der Waals surface area contributed by atoms with E-state index in [2.05, 4.69) is 5.32 Å². The van der Waals surface area contributed by atoms with Gasteiger partial charge in [0.1, 0.15) is 11.5 Å². The van der Waals surface area contributed by atoms with E-state index in [1.54, 1.807) is 25.5 Å². The van der Waals surface area contributed by atoms with Crippen molar-refractivity contribution in [2.75, 3.05) is 13.7 Å². The van der Waals surface area contributed by atoms with Crippen molar-refractivity contribution in [2.24, 2.45) is 0 Å². The molecule has 1 aromatic heterocycles. The lowest BCUT2D eigenvalue weighted by Gasteiger charge is -2.07. The third-order valence-corrected chi connectivity index (χ3v) is 2.57. The molecule has 2 aromatic rings. The molecule has 0 saturated heterocycles. The molecule has 0 amide bonds. The van der Waals surface area contributed by atoms with E-state index >= 15 is 0 Å². The fraction of sp³-hybridized carbons (Fsp3) is 0.214. The molecular formula is C14H15NO3. The Morgan fingerprint density at radius 3 is 2.83 bits per heavy atom. The van der Waals surface area contributed by atoms with E-state index in [0.717, 1.165) is 5.76 Å². The van der Waals surface area contributed by atoms with E-state index < -0.39 is 0 Å². The summed E-state index contributed by atoms with van der Waals surface area (Å²) in [5.41, 5.74) is 0.590. The average Bonchev–Trinajstić information content (AvgIpc) is 2.91. The van der Waals surface area contributed by atoms with E-state index in [0.29, 0.717) is 17.9 Å². The van der Waals surface area contributed by atoms with Gasteiger partial charge in [0, 0.05) is 0 Å². The Morgan fingerprint density at radius 2 is 2.11 bits per heavy atom. The zero-order valence-electron chi connectivity index (χ0n) is 10.2. The molecule has 4 nitrogen and oxygen atoms in total. The Labute approximate surface area is 106 Å². The summed E-state index contributed by atoms with van der Waals surface area (Å²) in [4.78, 5) is 12.0. The van der Waals surface area contributed by atoms with Gasteiger partial charge in [0.25, 0.3) is 0 Å². The summed E-state index contributed by atoms with van der Waals surface area (Å²) in [6.45, 7) is 0.787. The number of hydrogen-bond donors (Lipinski definition) is 1. The van der Waals surface area contributed by atoms with Crippen LogP contribution in [0.25, 0.3) is 0 Å². The second-order valence-electron chi connectivity index (χ2n) is 3.81. The quantitative estimate of drug-likeness (QED) is 0.793. The van der Waals surface area contributed by atoms with E-state index in [9.17, 15) is 4.79 Å². The number of methoxy groups -OCH3 is 1. The molecule has 94 valence electrons. The van der Waals surface area contributed by atoms with Crippen LogP contribution >= 0.6 is 0 Å². The molecule has 0 aliphatic heterocycles. The molecule has 0 atom stereocenters. The maximum absolute atomic E-state index is 12.0. The molecule has 0 saturated carbocycles. The number of para-hydroxylation sites is 1. The number of carbonyl (C=O) groups excluding carboxylic acids is 1. The number of nitrogens with one attached hydrogen (secondary N) is 1. The van der Waals surface area contributed by atoms with Crippen LogP contribution in [0.1, 0.15) is 16.1 Å². The molecule has 1 heterocycles. The highest BCUT2D eigenvalue weighted by molar-refractivity contribution is 6.00. The molecular weight excluding hydrogens is 230 g/mol. The van der Waals surface area contributed by atoms with Crippen molar-refractivity contribution >= 4 is 5.78 Å². The minimum absolute atomic E-state index is 0.000920. The van der Waals surface area contributed by atoms with Crippen LogP contribution in [0.5, 0.6) is 5.75 Å². The number of Topliss-reactive ketones (excluding diaryl/α,β-unsaturated/α-hetero) is 1. The third-order valence-electron chi connectivity index (χ3n) is 2.57. The van der Waals surface area contributed by atoms with Gasteiger partial charge in [-0.25, -0.2) is 0 Å². The van der Waals surface area contributed by atoms with Crippen LogP contribution in [-0.2, 0) is 6.54 Å². The lowest BCUT2D eigenvalue weighted by Crippen LogP contribution is -2.22. The number of benzene rings is 1. The van der Waals surface area contributed by atoms with Crippen molar-refractivity contribution in [1.82, 2.24) is 5.32 Å². The molecule has 0 aliphatic rings. The minimum atomic E-state index is -0.000920. The Kier molecular flexibility index (Phi) is 4.15. The normalized spacial score (nSPS) is 10.3. The molecule has 0 spiro atoms. The zero-order chi connectivity index (χ0) is 12.8.